The van der Waals surface area contributed by atoms with Crippen LogP contribution in [0.3, 0.4) is 0 Å². The van der Waals surface area contributed by atoms with Crippen LogP contribution in [0.15, 0.2) is 81.2 Å². The van der Waals surface area contributed by atoms with Crippen molar-refractivity contribution in [1.29, 1.82) is 5.26 Å². The molecule has 0 aromatic heterocycles. The first-order chi connectivity index (χ1) is 15.0. The minimum atomic E-state index is -0.487. The molecular formula is C24H18Br2N2O3. The molecule has 156 valence electrons. The van der Waals surface area contributed by atoms with Gasteiger partial charge in [0.1, 0.15) is 18.2 Å². The molecule has 0 spiro atoms. The molecule has 3 rings (SSSR count). The van der Waals surface area contributed by atoms with Gasteiger partial charge in [-0.3, -0.25) is 4.79 Å². The lowest BCUT2D eigenvalue weighted by Gasteiger charge is -2.12. The molecule has 0 fully saturated rings. The van der Waals surface area contributed by atoms with E-state index in [1.54, 1.807) is 37.4 Å². The zero-order chi connectivity index (χ0) is 22.2. The van der Waals surface area contributed by atoms with Gasteiger partial charge >= 0.3 is 0 Å². The van der Waals surface area contributed by atoms with Gasteiger partial charge in [-0.05, 0) is 65.7 Å². The quantitative estimate of drug-likeness (QED) is 0.279. The van der Waals surface area contributed by atoms with E-state index in [1.807, 2.05) is 42.5 Å². The molecule has 1 amide bonds. The van der Waals surface area contributed by atoms with E-state index in [1.165, 1.54) is 6.08 Å². The Morgan fingerprint density at radius 1 is 1.00 bits per heavy atom. The van der Waals surface area contributed by atoms with Gasteiger partial charge in [-0.1, -0.05) is 50.1 Å². The summed E-state index contributed by atoms with van der Waals surface area (Å²) in [6.45, 7) is 0.387. The first kappa shape index (κ1) is 22.6. The van der Waals surface area contributed by atoms with Gasteiger partial charge in [0, 0.05) is 14.6 Å². The van der Waals surface area contributed by atoms with Gasteiger partial charge in [0.05, 0.1) is 7.11 Å². The van der Waals surface area contributed by atoms with Crippen LogP contribution >= 0.6 is 31.9 Å². The van der Waals surface area contributed by atoms with Crippen LogP contribution in [0.4, 0.5) is 5.69 Å². The van der Waals surface area contributed by atoms with Crippen molar-refractivity contribution in [2.24, 2.45) is 0 Å². The maximum Gasteiger partial charge on any atom is 0.266 e. The molecule has 0 bridgehead atoms. The van der Waals surface area contributed by atoms with Crippen LogP contribution in [0.1, 0.15) is 11.1 Å². The summed E-state index contributed by atoms with van der Waals surface area (Å²) in [5.41, 5.74) is 2.25. The molecule has 0 unspecified atom stereocenters. The summed E-state index contributed by atoms with van der Waals surface area (Å²) in [6.07, 6.45) is 1.51. The smallest absolute Gasteiger partial charge is 0.266 e. The molecule has 7 heteroatoms. The SMILES string of the molecule is COc1cc(/C=C(/C#N)C(=O)Nc2ccc(Br)cc2)ccc1OCc1ccc(Br)cc1. The average molecular weight is 542 g/mol. The van der Waals surface area contributed by atoms with Gasteiger partial charge in [-0.25, -0.2) is 0 Å². The Bertz CT molecular complexity index is 1130. The van der Waals surface area contributed by atoms with Crippen LogP contribution in [0.2, 0.25) is 0 Å². The second kappa shape index (κ2) is 10.8. The number of methoxy groups -OCH3 is 1. The number of benzene rings is 3. The third kappa shape index (κ3) is 6.45. The number of halogens is 2. The predicted molar refractivity (Wildman–Crippen MR) is 128 cm³/mol. The topological polar surface area (TPSA) is 71.3 Å². The Kier molecular flexibility index (Phi) is 7.88. The van der Waals surface area contributed by atoms with E-state index >= 15 is 0 Å². The molecule has 0 aliphatic rings. The molecule has 0 aliphatic heterocycles. The van der Waals surface area contributed by atoms with Crippen LogP contribution in [0.5, 0.6) is 11.5 Å². The normalized spacial score (nSPS) is 10.8. The van der Waals surface area contributed by atoms with Crippen molar-refractivity contribution in [2.75, 3.05) is 12.4 Å². The van der Waals surface area contributed by atoms with Gasteiger partial charge in [-0.2, -0.15) is 5.26 Å². The summed E-state index contributed by atoms with van der Waals surface area (Å²) in [4.78, 5) is 12.5. The molecule has 0 aliphatic carbocycles. The molecule has 31 heavy (non-hydrogen) atoms. The van der Waals surface area contributed by atoms with Crippen molar-refractivity contribution >= 4 is 49.5 Å². The molecular weight excluding hydrogens is 524 g/mol. The zero-order valence-corrected chi connectivity index (χ0v) is 19.7. The molecule has 0 atom stereocenters. The number of hydrogen-bond acceptors (Lipinski definition) is 4. The number of nitriles is 1. The average Bonchev–Trinajstić information content (AvgIpc) is 2.78. The predicted octanol–water partition coefficient (Wildman–Crippen LogP) is 6.34. The van der Waals surface area contributed by atoms with Crippen LogP contribution < -0.4 is 14.8 Å². The lowest BCUT2D eigenvalue weighted by atomic mass is 10.1. The maximum atomic E-state index is 12.5. The third-order valence-corrected chi connectivity index (χ3v) is 5.33. The third-order valence-electron chi connectivity index (χ3n) is 4.27. The number of carbonyl (C=O) groups is 1. The summed E-state index contributed by atoms with van der Waals surface area (Å²) in [7, 11) is 1.54. The number of rotatable bonds is 7. The number of anilines is 1. The van der Waals surface area contributed by atoms with Gasteiger partial charge in [-0.15, -0.1) is 0 Å². The molecule has 0 saturated heterocycles. The Labute approximate surface area is 197 Å². The van der Waals surface area contributed by atoms with Gasteiger partial charge in [0.25, 0.3) is 5.91 Å². The second-order valence-corrected chi connectivity index (χ2v) is 8.29. The monoisotopic (exact) mass is 540 g/mol. The molecule has 3 aromatic carbocycles. The van der Waals surface area contributed by atoms with Crippen molar-refractivity contribution < 1.29 is 14.3 Å². The summed E-state index contributed by atoms with van der Waals surface area (Å²) in [5.74, 6) is 0.594. The number of amides is 1. The fourth-order valence-corrected chi connectivity index (χ4v) is 3.21. The van der Waals surface area contributed by atoms with E-state index in [9.17, 15) is 10.1 Å². The number of nitrogens with zero attached hydrogens (tertiary/aromatic N) is 1. The van der Waals surface area contributed by atoms with Gasteiger partial charge in [0.2, 0.25) is 0 Å². The summed E-state index contributed by atoms with van der Waals surface area (Å²) >= 11 is 6.75. The van der Waals surface area contributed by atoms with Crippen molar-refractivity contribution in [3.8, 4) is 17.6 Å². The number of carbonyl (C=O) groups excluding carboxylic acids is 1. The summed E-state index contributed by atoms with van der Waals surface area (Å²) in [6, 6.07) is 22.1. The van der Waals surface area contributed by atoms with Crippen molar-refractivity contribution in [2.45, 2.75) is 6.61 Å². The molecule has 3 aromatic rings. The van der Waals surface area contributed by atoms with Gasteiger partial charge in [0.15, 0.2) is 11.5 Å². The Morgan fingerprint density at radius 2 is 1.65 bits per heavy atom. The molecule has 1 N–H and O–H groups in total. The number of ether oxygens (including phenoxy) is 2. The van der Waals surface area contributed by atoms with Crippen LogP contribution in [-0.2, 0) is 11.4 Å². The molecule has 0 saturated carbocycles. The summed E-state index contributed by atoms with van der Waals surface area (Å²) < 4.78 is 13.2. The summed E-state index contributed by atoms with van der Waals surface area (Å²) in [5, 5.41) is 12.2. The lowest BCUT2D eigenvalue weighted by molar-refractivity contribution is -0.112. The zero-order valence-electron chi connectivity index (χ0n) is 16.6. The maximum absolute atomic E-state index is 12.5. The molecule has 5 nitrogen and oxygen atoms in total. The Morgan fingerprint density at radius 3 is 2.26 bits per heavy atom. The number of nitrogens with one attached hydrogen (secondary N) is 1. The highest BCUT2D eigenvalue weighted by molar-refractivity contribution is 9.10. The van der Waals surface area contributed by atoms with E-state index in [4.69, 9.17) is 9.47 Å². The second-order valence-electron chi connectivity index (χ2n) is 6.46. The minimum absolute atomic E-state index is 0.0199. The van der Waals surface area contributed by atoms with Crippen molar-refractivity contribution in [3.05, 3.63) is 92.4 Å². The largest absolute Gasteiger partial charge is 0.493 e. The van der Waals surface area contributed by atoms with Crippen LogP contribution in [0.25, 0.3) is 6.08 Å². The first-order valence-corrected chi connectivity index (χ1v) is 10.8. The van der Waals surface area contributed by atoms with Crippen molar-refractivity contribution in [1.82, 2.24) is 0 Å². The van der Waals surface area contributed by atoms with Crippen LogP contribution in [0, 0.1) is 11.3 Å². The van der Waals surface area contributed by atoms with E-state index in [0.717, 1.165) is 14.5 Å². The first-order valence-electron chi connectivity index (χ1n) is 9.22. The highest BCUT2D eigenvalue weighted by Gasteiger charge is 2.11. The van der Waals surface area contributed by atoms with E-state index < -0.39 is 5.91 Å². The fraction of sp³-hybridized carbons (Fsp3) is 0.0833. The van der Waals surface area contributed by atoms with Gasteiger partial charge < -0.3 is 14.8 Å². The number of hydrogen-bond donors (Lipinski definition) is 1. The molecule has 0 radical (unpaired) electrons. The van der Waals surface area contributed by atoms with Crippen LogP contribution in [-0.4, -0.2) is 13.0 Å². The molecule has 0 heterocycles. The minimum Gasteiger partial charge on any atom is -0.493 e. The van der Waals surface area contributed by atoms with E-state index in [-0.39, 0.29) is 5.57 Å². The highest BCUT2D eigenvalue weighted by Crippen LogP contribution is 2.30. The van der Waals surface area contributed by atoms with Crippen molar-refractivity contribution in [3.63, 3.8) is 0 Å². The highest BCUT2D eigenvalue weighted by atomic mass is 79.9. The Hall–Kier alpha value is -3.08. The van der Waals surface area contributed by atoms with E-state index in [0.29, 0.717) is 29.4 Å². The standard InChI is InChI=1S/C24H18Br2N2O3/c1-30-23-13-17(4-11-22(23)31-15-16-2-5-19(25)6-3-16)12-18(14-27)24(29)28-21-9-7-20(26)8-10-21/h2-13H,15H2,1H3,(H,28,29)/b18-12-. The van der Waals surface area contributed by atoms with E-state index in [2.05, 4.69) is 37.2 Å². The Balaban J connectivity index is 1.74. The lowest BCUT2D eigenvalue weighted by Crippen LogP contribution is -2.13. The fourth-order valence-electron chi connectivity index (χ4n) is 2.68.